The van der Waals surface area contributed by atoms with Gasteiger partial charge < -0.3 is 25.1 Å². The van der Waals surface area contributed by atoms with Gasteiger partial charge in [0.1, 0.15) is 0 Å². The minimum Gasteiger partial charge on any atom is -0.475 e. The molecule has 2 atom stereocenters. The number of carboxylic acid groups (broad SMARTS) is 1. The molecule has 0 saturated carbocycles. The molecule has 0 bridgehead atoms. The molecule has 0 fully saturated rings. The maximum atomic E-state index is 11.6. The Balaban J connectivity index is 0. The molecule has 0 saturated heterocycles. The van der Waals surface area contributed by atoms with Crippen molar-refractivity contribution in [2.45, 2.75) is 53.0 Å². The second-order valence-corrected chi connectivity index (χ2v) is 5.60. The minimum atomic E-state index is -5.08. The van der Waals surface area contributed by atoms with Crippen molar-refractivity contribution < 1.29 is 46.9 Å². The SMILES string of the molecule is CCOC(=O)OC(C)OC(=O)CC(CN)CC(C)C.O=C(O)C(F)(F)F. The minimum absolute atomic E-state index is 0.0855. The maximum Gasteiger partial charge on any atom is 0.511 e. The summed E-state index contributed by atoms with van der Waals surface area (Å²) in [5.74, 6) is -2.63. The molecule has 0 aliphatic rings. The molecule has 0 aromatic carbocycles. The molecular weight excluding hydrogens is 363 g/mol. The molecule has 154 valence electrons. The van der Waals surface area contributed by atoms with Crippen LogP contribution in [0.5, 0.6) is 0 Å². The molecule has 8 nitrogen and oxygen atoms in total. The van der Waals surface area contributed by atoms with Crippen LogP contribution >= 0.6 is 0 Å². The van der Waals surface area contributed by atoms with Gasteiger partial charge in [0, 0.05) is 13.3 Å². The molecule has 0 heterocycles. The lowest BCUT2D eigenvalue weighted by Crippen LogP contribution is -2.26. The molecule has 2 unspecified atom stereocenters. The van der Waals surface area contributed by atoms with Crippen molar-refractivity contribution in [1.29, 1.82) is 0 Å². The van der Waals surface area contributed by atoms with Crippen LogP contribution in [-0.4, -0.2) is 48.8 Å². The van der Waals surface area contributed by atoms with Crippen molar-refractivity contribution in [2.75, 3.05) is 13.2 Å². The topological polar surface area (TPSA) is 125 Å². The van der Waals surface area contributed by atoms with Crippen LogP contribution < -0.4 is 5.73 Å². The van der Waals surface area contributed by atoms with Gasteiger partial charge in [-0.1, -0.05) is 13.8 Å². The zero-order chi connectivity index (χ0) is 20.9. The third kappa shape index (κ3) is 15.5. The lowest BCUT2D eigenvalue weighted by Gasteiger charge is -2.18. The highest BCUT2D eigenvalue weighted by atomic mass is 19.4. The number of alkyl halides is 3. The van der Waals surface area contributed by atoms with Crippen LogP contribution in [-0.2, 0) is 23.8 Å². The normalized spacial score (nSPS) is 13.1. The molecule has 26 heavy (non-hydrogen) atoms. The zero-order valence-electron chi connectivity index (χ0n) is 15.2. The summed E-state index contributed by atoms with van der Waals surface area (Å²) in [5, 5.41) is 7.12. The van der Waals surface area contributed by atoms with Crippen molar-refractivity contribution >= 4 is 18.1 Å². The number of nitrogens with two attached hydrogens (primary N) is 1. The van der Waals surface area contributed by atoms with E-state index in [4.69, 9.17) is 25.1 Å². The van der Waals surface area contributed by atoms with Gasteiger partial charge in [-0.2, -0.15) is 13.2 Å². The van der Waals surface area contributed by atoms with Crippen LogP contribution in [0.2, 0.25) is 0 Å². The summed E-state index contributed by atoms with van der Waals surface area (Å²) in [6.45, 7) is 7.91. The summed E-state index contributed by atoms with van der Waals surface area (Å²) in [4.78, 5) is 31.5. The standard InChI is InChI=1S/C13H25NO5.C2HF3O2/c1-5-17-13(16)19-10(4)18-12(15)7-11(8-14)6-9(2)3;3-2(4,5)1(6)7/h9-11H,5-8,14H2,1-4H3;(H,6,7). The van der Waals surface area contributed by atoms with Crippen molar-refractivity contribution in [3.63, 3.8) is 0 Å². The number of halogens is 3. The smallest absolute Gasteiger partial charge is 0.475 e. The van der Waals surface area contributed by atoms with Gasteiger partial charge in [0.15, 0.2) is 0 Å². The maximum absolute atomic E-state index is 11.6. The van der Waals surface area contributed by atoms with E-state index in [-0.39, 0.29) is 18.9 Å². The Bertz CT molecular complexity index is 441. The van der Waals surface area contributed by atoms with E-state index >= 15 is 0 Å². The summed E-state index contributed by atoms with van der Waals surface area (Å²) < 4.78 is 46.0. The number of carbonyl (C=O) groups excluding carboxylic acids is 2. The molecule has 0 spiro atoms. The van der Waals surface area contributed by atoms with Crippen LogP contribution in [0.25, 0.3) is 0 Å². The Hall–Kier alpha value is -2.04. The Labute approximate surface area is 149 Å². The Morgan fingerprint density at radius 3 is 1.96 bits per heavy atom. The predicted molar refractivity (Wildman–Crippen MR) is 84.0 cm³/mol. The highest BCUT2D eigenvalue weighted by Gasteiger charge is 2.38. The van der Waals surface area contributed by atoms with Crippen LogP contribution in [0.15, 0.2) is 0 Å². The first-order valence-corrected chi connectivity index (χ1v) is 7.86. The average molecular weight is 389 g/mol. The first-order chi connectivity index (χ1) is 11.8. The summed E-state index contributed by atoms with van der Waals surface area (Å²) in [5.41, 5.74) is 5.61. The van der Waals surface area contributed by atoms with Crippen molar-refractivity contribution in [1.82, 2.24) is 0 Å². The summed E-state index contributed by atoms with van der Waals surface area (Å²) in [7, 11) is 0. The summed E-state index contributed by atoms with van der Waals surface area (Å²) >= 11 is 0. The van der Waals surface area contributed by atoms with Gasteiger partial charge in [0.25, 0.3) is 0 Å². The average Bonchev–Trinajstić information content (AvgIpc) is 2.45. The van der Waals surface area contributed by atoms with E-state index in [1.54, 1.807) is 6.92 Å². The molecule has 0 amide bonds. The quantitative estimate of drug-likeness (QED) is 0.479. The van der Waals surface area contributed by atoms with Gasteiger partial charge in [-0.15, -0.1) is 0 Å². The van der Waals surface area contributed by atoms with E-state index in [9.17, 15) is 22.8 Å². The number of ether oxygens (including phenoxy) is 3. The van der Waals surface area contributed by atoms with E-state index in [2.05, 4.69) is 18.6 Å². The number of carboxylic acids is 1. The molecule has 0 aliphatic carbocycles. The van der Waals surface area contributed by atoms with E-state index in [0.29, 0.717) is 12.5 Å². The van der Waals surface area contributed by atoms with Crippen molar-refractivity contribution in [2.24, 2.45) is 17.6 Å². The highest BCUT2D eigenvalue weighted by molar-refractivity contribution is 5.73. The first-order valence-electron chi connectivity index (χ1n) is 7.86. The number of hydrogen-bond donors (Lipinski definition) is 2. The monoisotopic (exact) mass is 389 g/mol. The Morgan fingerprint density at radius 2 is 1.62 bits per heavy atom. The van der Waals surface area contributed by atoms with Crippen LogP contribution in [0.4, 0.5) is 18.0 Å². The van der Waals surface area contributed by atoms with E-state index in [1.165, 1.54) is 6.92 Å². The third-order valence-corrected chi connectivity index (χ3v) is 2.66. The van der Waals surface area contributed by atoms with Gasteiger partial charge in [-0.3, -0.25) is 4.79 Å². The fourth-order valence-electron chi connectivity index (χ4n) is 1.71. The molecule has 3 N–H and O–H groups in total. The van der Waals surface area contributed by atoms with Crippen LogP contribution in [0, 0.1) is 11.8 Å². The number of hydrogen-bond acceptors (Lipinski definition) is 7. The first kappa shape index (κ1) is 26.2. The Morgan fingerprint density at radius 1 is 1.12 bits per heavy atom. The highest BCUT2D eigenvalue weighted by Crippen LogP contribution is 2.15. The summed E-state index contributed by atoms with van der Waals surface area (Å²) in [6.07, 6.45) is -5.80. The van der Waals surface area contributed by atoms with Crippen molar-refractivity contribution in [3.8, 4) is 0 Å². The van der Waals surface area contributed by atoms with Gasteiger partial charge in [0.05, 0.1) is 6.61 Å². The number of esters is 1. The Kier molecular flexibility index (Phi) is 13.3. The zero-order valence-corrected chi connectivity index (χ0v) is 15.2. The number of aliphatic carboxylic acids is 1. The lowest BCUT2D eigenvalue weighted by atomic mass is 9.94. The van der Waals surface area contributed by atoms with Gasteiger partial charge in [0.2, 0.25) is 6.29 Å². The van der Waals surface area contributed by atoms with E-state index < -0.39 is 30.6 Å². The molecule has 0 radical (unpaired) electrons. The summed E-state index contributed by atoms with van der Waals surface area (Å²) in [6, 6.07) is 0. The fourth-order valence-corrected chi connectivity index (χ4v) is 1.71. The van der Waals surface area contributed by atoms with Crippen LogP contribution in [0.3, 0.4) is 0 Å². The number of carbonyl (C=O) groups is 3. The molecule has 0 rings (SSSR count). The molecular formula is C15H26F3NO7. The third-order valence-electron chi connectivity index (χ3n) is 2.66. The second-order valence-electron chi connectivity index (χ2n) is 5.60. The molecule has 0 aliphatic heterocycles. The molecule has 11 heteroatoms. The van der Waals surface area contributed by atoms with Crippen LogP contribution in [0.1, 0.15) is 40.5 Å². The van der Waals surface area contributed by atoms with Gasteiger partial charge in [-0.25, -0.2) is 9.59 Å². The number of rotatable bonds is 8. The van der Waals surface area contributed by atoms with E-state index in [0.717, 1.165) is 6.42 Å². The fraction of sp³-hybridized carbons (Fsp3) is 0.800. The van der Waals surface area contributed by atoms with Gasteiger partial charge in [-0.05, 0) is 31.7 Å². The van der Waals surface area contributed by atoms with Gasteiger partial charge >= 0.3 is 24.3 Å². The second kappa shape index (κ2) is 13.2. The molecule has 0 aromatic rings. The lowest BCUT2D eigenvalue weighted by molar-refractivity contribution is -0.192. The van der Waals surface area contributed by atoms with E-state index in [1.807, 2.05) is 0 Å². The van der Waals surface area contributed by atoms with Crippen molar-refractivity contribution in [3.05, 3.63) is 0 Å². The largest absolute Gasteiger partial charge is 0.511 e. The molecule has 0 aromatic heterocycles. The predicted octanol–water partition coefficient (Wildman–Crippen LogP) is 2.69.